The molecule has 1 aromatic rings. The number of fused-ring (bicyclic) bond motifs is 5. The number of nitrogens with zero attached hydrogens (tertiary/aromatic N) is 1. The van der Waals surface area contributed by atoms with E-state index < -0.39 is 41.1 Å². The summed E-state index contributed by atoms with van der Waals surface area (Å²) in [5.74, 6) is -1.66. The number of benzene rings is 1. The van der Waals surface area contributed by atoms with Crippen LogP contribution >= 0.6 is 0 Å². The van der Waals surface area contributed by atoms with Crippen molar-refractivity contribution in [1.82, 2.24) is 0 Å². The zero-order valence-corrected chi connectivity index (χ0v) is 11.9. The van der Waals surface area contributed by atoms with E-state index in [1.54, 1.807) is 0 Å². The summed E-state index contributed by atoms with van der Waals surface area (Å²) in [6, 6.07) is 3.15. The molecule has 4 nitrogen and oxygen atoms in total. The molecule has 7 heteroatoms. The van der Waals surface area contributed by atoms with E-state index in [4.69, 9.17) is 5.73 Å². The number of allylic oxidation sites excluding steroid dienone is 2. The number of amides is 2. The van der Waals surface area contributed by atoms with Gasteiger partial charge in [0.05, 0.1) is 23.1 Å². The number of hydrogen-bond donors (Lipinski definition) is 1. The molecule has 23 heavy (non-hydrogen) atoms. The van der Waals surface area contributed by atoms with Gasteiger partial charge in [0.15, 0.2) is 0 Å². The lowest BCUT2D eigenvalue weighted by molar-refractivity contribution is -0.137. The molecule has 1 heterocycles. The van der Waals surface area contributed by atoms with Crippen LogP contribution in [0.5, 0.6) is 0 Å². The van der Waals surface area contributed by atoms with Gasteiger partial charge in [-0.2, -0.15) is 13.2 Å². The smallest absolute Gasteiger partial charge is 0.398 e. The van der Waals surface area contributed by atoms with Crippen molar-refractivity contribution in [2.45, 2.75) is 12.6 Å². The highest BCUT2D eigenvalue weighted by Crippen LogP contribution is 2.53. The Bertz CT molecular complexity index is 726. The number of nitrogens with two attached hydrogens (primary N) is 1. The molecule has 120 valence electrons. The highest BCUT2D eigenvalue weighted by molar-refractivity contribution is 6.22. The van der Waals surface area contributed by atoms with Crippen LogP contribution in [0.25, 0.3) is 0 Å². The molecule has 2 aliphatic carbocycles. The second-order valence-electron chi connectivity index (χ2n) is 6.28. The third-order valence-corrected chi connectivity index (χ3v) is 5.07. The summed E-state index contributed by atoms with van der Waals surface area (Å²) in [4.78, 5) is 26.1. The fourth-order valence-electron chi connectivity index (χ4n) is 4.09. The molecule has 0 aromatic heterocycles. The SMILES string of the molecule is Nc1ccc(N2C(=O)[C@@H]3[C@H](C2=O)[C@@H]2C=C[C@H]3C2)cc1C(F)(F)F. The summed E-state index contributed by atoms with van der Waals surface area (Å²) < 4.78 is 39.0. The summed E-state index contributed by atoms with van der Waals surface area (Å²) in [5.41, 5.74) is 3.85. The standard InChI is InChI=1S/C16H13F3N2O2/c17-16(18,19)10-6-9(3-4-11(10)20)21-14(22)12-7-1-2-8(5-7)13(12)15(21)23/h1-4,6-8,12-13H,5,20H2/t7-,8+,12-,13+. The Kier molecular flexibility index (Phi) is 2.71. The summed E-state index contributed by atoms with van der Waals surface area (Å²) in [7, 11) is 0. The molecule has 1 aliphatic heterocycles. The number of carbonyl (C=O) groups excluding carboxylic acids is 2. The van der Waals surface area contributed by atoms with Crippen LogP contribution in [0.1, 0.15) is 12.0 Å². The van der Waals surface area contributed by atoms with E-state index in [-0.39, 0.29) is 17.5 Å². The van der Waals surface area contributed by atoms with Crippen LogP contribution in [0.4, 0.5) is 24.5 Å². The number of anilines is 2. The van der Waals surface area contributed by atoms with E-state index in [2.05, 4.69) is 0 Å². The maximum absolute atomic E-state index is 13.0. The predicted molar refractivity (Wildman–Crippen MR) is 76.1 cm³/mol. The summed E-state index contributed by atoms with van der Waals surface area (Å²) in [6.07, 6.45) is 0.00777. The van der Waals surface area contributed by atoms with Gasteiger partial charge >= 0.3 is 6.18 Å². The highest BCUT2D eigenvalue weighted by atomic mass is 19.4. The van der Waals surface area contributed by atoms with Gasteiger partial charge in [0, 0.05) is 5.69 Å². The fraction of sp³-hybridized carbons (Fsp3) is 0.375. The first-order chi connectivity index (χ1) is 10.8. The lowest BCUT2D eigenvalue weighted by Gasteiger charge is -2.19. The van der Waals surface area contributed by atoms with E-state index in [0.717, 1.165) is 23.5 Å². The highest BCUT2D eigenvalue weighted by Gasteiger charge is 2.59. The van der Waals surface area contributed by atoms with Crippen molar-refractivity contribution in [1.29, 1.82) is 0 Å². The molecule has 0 unspecified atom stereocenters. The predicted octanol–water partition coefficient (Wildman–Crippen LogP) is 2.60. The van der Waals surface area contributed by atoms with Crippen molar-refractivity contribution in [2.75, 3.05) is 10.6 Å². The van der Waals surface area contributed by atoms with Gasteiger partial charge in [-0.1, -0.05) is 12.2 Å². The van der Waals surface area contributed by atoms with Gasteiger partial charge in [-0.05, 0) is 36.5 Å². The fourth-order valence-corrected chi connectivity index (χ4v) is 4.09. The van der Waals surface area contributed by atoms with Crippen molar-refractivity contribution in [2.24, 2.45) is 23.7 Å². The molecule has 2 bridgehead atoms. The first-order valence-electron chi connectivity index (χ1n) is 7.32. The molecule has 0 radical (unpaired) electrons. The Hall–Kier alpha value is -2.31. The Morgan fingerprint density at radius 1 is 1.04 bits per heavy atom. The van der Waals surface area contributed by atoms with Crippen LogP contribution in [-0.4, -0.2) is 11.8 Å². The zero-order chi connectivity index (χ0) is 16.5. The number of rotatable bonds is 1. The third kappa shape index (κ3) is 1.85. The minimum atomic E-state index is -4.64. The number of carbonyl (C=O) groups is 2. The number of nitrogen functional groups attached to an aromatic ring is 1. The Morgan fingerprint density at radius 3 is 2.13 bits per heavy atom. The normalized spacial score (nSPS) is 32.0. The first-order valence-corrected chi connectivity index (χ1v) is 7.32. The van der Waals surface area contributed by atoms with E-state index >= 15 is 0 Å². The van der Waals surface area contributed by atoms with E-state index in [9.17, 15) is 22.8 Å². The Labute approximate surface area is 129 Å². The van der Waals surface area contributed by atoms with Crippen LogP contribution in [0.3, 0.4) is 0 Å². The third-order valence-electron chi connectivity index (χ3n) is 5.07. The maximum Gasteiger partial charge on any atom is 0.418 e. The van der Waals surface area contributed by atoms with Gasteiger partial charge in [-0.25, -0.2) is 0 Å². The summed E-state index contributed by atoms with van der Waals surface area (Å²) in [6.45, 7) is 0. The van der Waals surface area contributed by atoms with Crippen molar-refractivity contribution in [3.63, 3.8) is 0 Å². The van der Waals surface area contributed by atoms with E-state index in [1.165, 1.54) is 6.07 Å². The Balaban J connectivity index is 1.75. The average molecular weight is 322 g/mol. The molecule has 4 atom stereocenters. The van der Waals surface area contributed by atoms with Gasteiger partial charge in [0.25, 0.3) is 0 Å². The molecule has 1 aromatic carbocycles. The summed E-state index contributed by atoms with van der Waals surface area (Å²) in [5, 5.41) is 0. The van der Waals surface area contributed by atoms with Crippen molar-refractivity contribution in [3.8, 4) is 0 Å². The lowest BCUT2D eigenvalue weighted by Crippen LogP contribution is -2.33. The molecule has 1 saturated carbocycles. The molecule has 2 N–H and O–H groups in total. The maximum atomic E-state index is 13.0. The first kappa shape index (κ1) is 14.3. The molecular weight excluding hydrogens is 309 g/mol. The van der Waals surface area contributed by atoms with Gasteiger partial charge in [-0.15, -0.1) is 0 Å². The van der Waals surface area contributed by atoms with Crippen LogP contribution in [-0.2, 0) is 15.8 Å². The van der Waals surface area contributed by atoms with Gasteiger partial charge < -0.3 is 5.73 Å². The van der Waals surface area contributed by atoms with Crippen LogP contribution in [0, 0.1) is 23.7 Å². The quantitative estimate of drug-likeness (QED) is 0.491. The minimum Gasteiger partial charge on any atom is -0.398 e. The molecule has 2 fully saturated rings. The minimum absolute atomic E-state index is 0.0160. The van der Waals surface area contributed by atoms with Gasteiger partial charge in [0.1, 0.15) is 0 Å². The van der Waals surface area contributed by atoms with E-state index in [1.807, 2.05) is 12.2 Å². The van der Waals surface area contributed by atoms with Crippen molar-refractivity contribution >= 4 is 23.2 Å². The largest absolute Gasteiger partial charge is 0.418 e. The number of alkyl halides is 3. The van der Waals surface area contributed by atoms with Gasteiger partial charge in [0.2, 0.25) is 11.8 Å². The topological polar surface area (TPSA) is 63.4 Å². The number of halogens is 3. The number of hydrogen-bond acceptors (Lipinski definition) is 3. The molecule has 4 rings (SSSR count). The second-order valence-corrected chi connectivity index (χ2v) is 6.28. The van der Waals surface area contributed by atoms with Crippen LogP contribution in [0.2, 0.25) is 0 Å². The zero-order valence-electron chi connectivity index (χ0n) is 11.9. The molecule has 2 amide bonds. The molecular formula is C16H13F3N2O2. The number of imide groups is 1. The monoisotopic (exact) mass is 322 g/mol. The average Bonchev–Trinajstić information content (AvgIpc) is 3.13. The van der Waals surface area contributed by atoms with E-state index in [0.29, 0.717) is 0 Å². The Morgan fingerprint density at radius 2 is 1.61 bits per heavy atom. The van der Waals surface area contributed by atoms with Crippen molar-refractivity contribution < 1.29 is 22.8 Å². The molecule has 3 aliphatic rings. The second kappa shape index (κ2) is 4.37. The molecule has 1 saturated heterocycles. The summed E-state index contributed by atoms with van der Waals surface area (Å²) >= 11 is 0. The lowest BCUT2D eigenvalue weighted by atomic mass is 9.85. The van der Waals surface area contributed by atoms with Crippen LogP contribution in [0.15, 0.2) is 30.4 Å². The molecule has 0 spiro atoms. The van der Waals surface area contributed by atoms with Crippen molar-refractivity contribution in [3.05, 3.63) is 35.9 Å². The van der Waals surface area contributed by atoms with Crippen LogP contribution < -0.4 is 10.6 Å². The van der Waals surface area contributed by atoms with Gasteiger partial charge in [-0.3, -0.25) is 14.5 Å².